The van der Waals surface area contributed by atoms with Crippen molar-refractivity contribution in [3.05, 3.63) is 59.9 Å². The van der Waals surface area contributed by atoms with Crippen LogP contribution in [0.25, 0.3) is 16.7 Å². The standard InChI is InChI=1S/C18H19N7/c1-13-8-10-14(11-9-13)25-18(22-23-24-25)19-12-4-7-17-20-15-5-2-3-6-16(15)21-17/h2-3,5-6,8-11H,4,7,12H2,1H3,(H,20,21)(H,19,22,24). The predicted molar refractivity (Wildman–Crippen MR) is 96.8 cm³/mol. The molecule has 0 unspecified atom stereocenters. The number of fused-ring (bicyclic) bond motifs is 1. The third-order valence-corrected chi connectivity index (χ3v) is 4.06. The van der Waals surface area contributed by atoms with E-state index in [1.54, 1.807) is 4.68 Å². The third-order valence-electron chi connectivity index (χ3n) is 4.06. The van der Waals surface area contributed by atoms with E-state index in [9.17, 15) is 0 Å². The molecule has 4 rings (SSSR count). The molecule has 126 valence electrons. The van der Waals surface area contributed by atoms with Gasteiger partial charge in [0, 0.05) is 13.0 Å². The van der Waals surface area contributed by atoms with Crippen LogP contribution in [0, 0.1) is 6.92 Å². The Hall–Kier alpha value is -3.22. The zero-order valence-corrected chi connectivity index (χ0v) is 14.0. The van der Waals surface area contributed by atoms with Crippen molar-refractivity contribution in [1.29, 1.82) is 0 Å². The maximum Gasteiger partial charge on any atom is 0.247 e. The minimum Gasteiger partial charge on any atom is -0.353 e. The molecule has 0 aliphatic carbocycles. The van der Waals surface area contributed by atoms with Gasteiger partial charge in [0.1, 0.15) is 5.82 Å². The zero-order valence-electron chi connectivity index (χ0n) is 14.0. The fraction of sp³-hybridized carbons (Fsp3) is 0.222. The zero-order chi connectivity index (χ0) is 17.1. The Balaban J connectivity index is 1.36. The Morgan fingerprint density at radius 2 is 1.92 bits per heavy atom. The normalized spacial score (nSPS) is 11.1. The van der Waals surface area contributed by atoms with Gasteiger partial charge in [0.15, 0.2) is 0 Å². The third kappa shape index (κ3) is 3.35. The van der Waals surface area contributed by atoms with Crippen LogP contribution < -0.4 is 5.32 Å². The number of anilines is 1. The van der Waals surface area contributed by atoms with Crippen molar-refractivity contribution in [1.82, 2.24) is 30.2 Å². The molecule has 0 saturated heterocycles. The Labute approximate surface area is 145 Å². The lowest BCUT2D eigenvalue weighted by Gasteiger charge is -2.06. The predicted octanol–water partition coefficient (Wildman–Crippen LogP) is 2.89. The van der Waals surface area contributed by atoms with E-state index in [0.717, 1.165) is 41.9 Å². The van der Waals surface area contributed by atoms with Gasteiger partial charge in [0.2, 0.25) is 5.95 Å². The van der Waals surface area contributed by atoms with Crippen LogP contribution in [0.2, 0.25) is 0 Å². The van der Waals surface area contributed by atoms with Crippen LogP contribution >= 0.6 is 0 Å². The maximum atomic E-state index is 4.59. The highest BCUT2D eigenvalue weighted by Gasteiger charge is 2.07. The van der Waals surface area contributed by atoms with E-state index >= 15 is 0 Å². The van der Waals surface area contributed by atoms with E-state index < -0.39 is 0 Å². The highest BCUT2D eigenvalue weighted by Crippen LogP contribution is 2.13. The van der Waals surface area contributed by atoms with Crippen molar-refractivity contribution in [2.75, 3.05) is 11.9 Å². The monoisotopic (exact) mass is 333 g/mol. The number of benzene rings is 2. The van der Waals surface area contributed by atoms with E-state index in [0.29, 0.717) is 5.95 Å². The van der Waals surface area contributed by atoms with Gasteiger partial charge in [0.25, 0.3) is 0 Å². The molecule has 0 bridgehead atoms. The van der Waals surface area contributed by atoms with Gasteiger partial charge in [0.05, 0.1) is 16.7 Å². The second-order valence-corrected chi connectivity index (χ2v) is 5.98. The molecule has 4 aromatic rings. The van der Waals surface area contributed by atoms with Crippen LogP contribution in [-0.2, 0) is 6.42 Å². The number of nitrogens with one attached hydrogen (secondary N) is 2. The number of hydrogen-bond acceptors (Lipinski definition) is 5. The van der Waals surface area contributed by atoms with Crippen LogP contribution in [-0.4, -0.2) is 36.7 Å². The van der Waals surface area contributed by atoms with E-state index in [4.69, 9.17) is 0 Å². The minimum absolute atomic E-state index is 0.647. The van der Waals surface area contributed by atoms with E-state index in [-0.39, 0.29) is 0 Å². The molecule has 2 N–H and O–H groups in total. The smallest absolute Gasteiger partial charge is 0.247 e. The molecule has 0 radical (unpaired) electrons. The molecule has 0 amide bonds. The number of aryl methyl sites for hydroxylation is 2. The van der Waals surface area contributed by atoms with Crippen molar-refractivity contribution in [3.63, 3.8) is 0 Å². The molecule has 2 aromatic heterocycles. The Morgan fingerprint density at radius 1 is 1.08 bits per heavy atom. The fourth-order valence-electron chi connectivity index (χ4n) is 2.74. The first kappa shape index (κ1) is 15.3. The summed E-state index contributed by atoms with van der Waals surface area (Å²) in [5.74, 6) is 1.65. The quantitative estimate of drug-likeness (QED) is 0.530. The van der Waals surface area contributed by atoms with Crippen molar-refractivity contribution < 1.29 is 0 Å². The molecule has 0 fully saturated rings. The lowest BCUT2D eigenvalue weighted by Crippen LogP contribution is -2.09. The molecule has 0 atom stereocenters. The van der Waals surface area contributed by atoms with Crippen LogP contribution in [0.3, 0.4) is 0 Å². The summed E-state index contributed by atoms with van der Waals surface area (Å²) in [5.41, 5.74) is 4.23. The van der Waals surface area contributed by atoms with Crippen molar-refractivity contribution in [2.45, 2.75) is 19.8 Å². The summed E-state index contributed by atoms with van der Waals surface area (Å²) >= 11 is 0. The summed E-state index contributed by atoms with van der Waals surface area (Å²) in [4.78, 5) is 7.94. The molecule has 2 heterocycles. The van der Waals surface area contributed by atoms with Crippen molar-refractivity contribution >= 4 is 17.0 Å². The molecular weight excluding hydrogens is 314 g/mol. The van der Waals surface area contributed by atoms with E-state index in [2.05, 4.69) is 37.7 Å². The van der Waals surface area contributed by atoms with Crippen molar-refractivity contribution in [2.24, 2.45) is 0 Å². The minimum atomic E-state index is 0.647. The molecule has 25 heavy (non-hydrogen) atoms. The number of nitrogens with zero attached hydrogens (tertiary/aromatic N) is 5. The highest BCUT2D eigenvalue weighted by atomic mass is 15.6. The fourth-order valence-corrected chi connectivity index (χ4v) is 2.74. The first-order chi connectivity index (χ1) is 12.3. The van der Waals surface area contributed by atoms with Gasteiger partial charge in [-0.1, -0.05) is 34.9 Å². The summed E-state index contributed by atoms with van der Waals surface area (Å²) < 4.78 is 1.71. The molecule has 2 aromatic carbocycles. The van der Waals surface area contributed by atoms with Crippen LogP contribution in [0.1, 0.15) is 17.8 Å². The average molecular weight is 333 g/mol. The van der Waals surface area contributed by atoms with Gasteiger partial charge in [-0.2, -0.15) is 4.68 Å². The molecule has 7 nitrogen and oxygen atoms in total. The topological polar surface area (TPSA) is 84.3 Å². The largest absolute Gasteiger partial charge is 0.353 e. The summed E-state index contributed by atoms with van der Waals surface area (Å²) in [6, 6.07) is 16.2. The lowest BCUT2D eigenvalue weighted by atomic mass is 10.2. The van der Waals surface area contributed by atoms with Gasteiger partial charge in [-0.15, -0.1) is 0 Å². The number of H-pyrrole nitrogens is 1. The van der Waals surface area contributed by atoms with Gasteiger partial charge >= 0.3 is 0 Å². The van der Waals surface area contributed by atoms with Gasteiger partial charge < -0.3 is 10.3 Å². The van der Waals surface area contributed by atoms with Crippen molar-refractivity contribution in [3.8, 4) is 5.69 Å². The summed E-state index contributed by atoms with van der Waals surface area (Å²) in [5, 5.41) is 15.2. The number of tetrazole rings is 1. The molecule has 7 heteroatoms. The van der Waals surface area contributed by atoms with Gasteiger partial charge in [-0.3, -0.25) is 0 Å². The number of imidazole rings is 1. The maximum absolute atomic E-state index is 4.59. The molecule has 0 aliphatic rings. The Bertz CT molecular complexity index is 935. The highest BCUT2D eigenvalue weighted by molar-refractivity contribution is 5.74. The van der Waals surface area contributed by atoms with E-state index in [1.165, 1.54) is 5.56 Å². The van der Waals surface area contributed by atoms with E-state index in [1.807, 2.05) is 48.5 Å². The van der Waals surface area contributed by atoms with Crippen LogP contribution in [0.4, 0.5) is 5.95 Å². The number of aromatic nitrogens is 6. The number of rotatable bonds is 6. The SMILES string of the molecule is Cc1ccc(-n2nnnc2NCCCc2nc3ccccc3[nH]2)cc1. The lowest BCUT2D eigenvalue weighted by molar-refractivity contribution is 0.780. The molecular formula is C18H19N7. The molecule has 0 spiro atoms. The first-order valence-electron chi connectivity index (χ1n) is 8.32. The number of aromatic amines is 1. The molecule has 0 aliphatic heterocycles. The Kier molecular flexibility index (Phi) is 4.12. The van der Waals surface area contributed by atoms with Gasteiger partial charge in [-0.05, 0) is 48.0 Å². The van der Waals surface area contributed by atoms with Gasteiger partial charge in [-0.25, -0.2) is 4.98 Å². The van der Waals surface area contributed by atoms with Crippen LogP contribution in [0.5, 0.6) is 0 Å². The van der Waals surface area contributed by atoms with Crippen LogP contribution in [0.15, 0.2) is 48.5 Å². The second-order valence-electron chi connectivity index (χ2n) is 5.98. The summed E-state index contributed by atoms with van der Waals surface area (Å²) in [7, 11) is 0. The Morgan fingerprint density at radius 3 is 2.76 bits per heavy atom. The second kappa shape index (κ2) is 6.72. The first-order valence-corrected chi connectivity index (χ1v) is 8.32. The summed E-state index contributed by atoms with van der Waals surface area (Å²) in [6.07, 6.45) is 1.80. The number of hydrogen-bond donors (Lipinski definition) is 2. The molecule has 0 saturated carbocycles. The average Bonchev–Trinajstić information content (AvgIpc) is 3.25. The number of para-hydroxylation sites is 2. The summed E-state index contributed by atoms with van der Waals surface area (Å²) in [6.45, 7) is 2.82.